The van der Waals surface area contributed by atoms with Gasteiger partial charge in [0.15, 0.2) is 0 Å². The summed E-state index contributed by atoms with van der Waals surface area (Å²) >= 11 is 0. The topological polar surface area (TPSA) is 57.6 Å². The lowest BCUT2D eigenvalue weighted by atomic mass is 10.2. The third-order valence-electron chi connectivity index (χ3n) is 2.41. The van der Waals surface area contributed by atoms with Crippen LogP contribution < -0.4 is 0 Å². The zero-order chi connectivity index (χ0) is 12.3. The summed E-state index contributed by atoms with van der Waals surface area (Å²) in [7, 11) is -1.75. The number of phenols is 1. The van der Waals surface area contributed by atoms with Gasteiger partial charge in [-0.15, -0.1) is 0 Å². The van der Waals surface area contributed by atoms with Gasteiger partial charge in [-0.1, -0.05) is 18.2 Å². The molecule has 0 bridgehead atoms. The van der Waals surface area contributed by atoms with E-state index in [4.69, 9.17) is 0 Å². The number of rotatable bonds is 4. The van der Waals surface area contributed by atoms with Gasteiger partial charge in [0.25, 0.3) is 0 Å². The van der Waals surface area contributed by atoms with E-state index in [-0.39, 0.29) is 12.3 Å². The van der Waals surface area contributed by atoms with Crippen molar-refractivity contribution < 1.29 is 13.5 Å². The number of phenolic OH excluding ortho intramolecular Hbond substituents is 1. The SMILES string of the molecule is CC(C)S(=O)(=O)N(C)Cc1ccccc1O. The van der Waals surface area contributed by atoms with Gasteiger partial charge in [0.2, 0.25) is 10.0 Å². The monoisotopic (exact) mass is 243 g/mol. The number of nitrogens with zero attached hydrogens (tertiary/aromatic N) is 1. The molecule has 0 spiro atoms. The largest absolute Gasteiger partial charge is 0.508 e. The average molecular weight is 243 g/mol. The molecule has 0 radical (unpaired) electrons. The third kappa shape index (κ3) is 2.74. The lowest BCUT2D eigenvalue weighted by Gasteiger charge is -2.20. The molecule has 0 fully saturated rings. The molecule has 0 aliphatic carbocycles. The highest BCUT2D eigenvalue weighted by Crippen LogP contribution is 2.19. The molecule has 1 N–H and O–H groups in total. The molecule has 0 heterocycles. The Morgan fingerprint density at radius 2 is 1.88 bits per heavy atom. The van der Waals surface area contributed by atoms with Gasteiger partial charge in [-0.2, -0.15) is 0 Å². The van der Waals surface area contributed by atoms with E-state index in [2.05, 4.69) is 0 Å². The molecule has 1 aromatic rings. The first-order valence-corrected chi connectivity index (χ1v) is 6.58. The molecule has 1 rings (SSSR count). The molecule has 0 unspecified atom stereocenters. The van der Waals surface area contributed by atoms with Gasteiger partial charge in [-0.25, -0.2) is 12.7 Å². The fourth-order valence-electron chi connectivity index (χ4n) is 1.33. The van der Waals surface area contributed by atoms with Crippen LogP contribution >= 0.6 is 0 Å². The highest BCUT2D eigenvalue weighted by molar-refractivity contribution is 7.89. The van der Waals surface area contributed by atoms with Crippen LogP contribution in [0.25, 0.3) is 0 Å². The number of benzene rings is 1. The second kappa shape index (κ2) is 4.84. The Bertz CT molecular complexity index is 454. The zero-order valence-corrected chi connectivity index (χ0v) is 10.5. The summed E-state index contributed by atoms with van der Waals surface area (Å²) in [5, 5.41) is 9.09. The van der Waals surface area contributed by atoms with Crippen LogP contribution in [0.2, 0.25) is 0 Å². The zero-order valence-electron chi connectivity index (χ0n) is 9.71. The van der Waals surface area contributed by atoms with Gasteiger partial charge in [0.05, 0.1) is 5.25 Å². The van der Waals surface area contributed by atoms with E-state index < -0.39 is 15.3 Å². The van der Waals surface area contributed by atoms with Gasteiger partial charge in [-0.3, -0.25) is 0 Å². The highest BCUT2D eigenvalue weighted by Gasteiger charge is 2.22. The maximum absolute atomic E-state index is 11.8. The molecular formula is C11H17NO3S. The lowest BCUT2D eigenvalue weighted by Crippen LogP contribution is -2.32. The van der Waals surface area contributed by atoms with Crippen molar-refractivity contribution in [2.45, 2.75) is 25.6 Å². The Kier molecular flexibility index (Phi) is 3.93. The smallest absolute Gasteiger partial charge is 0.216 e. The van der Waals surface area contributed by atoms with Crippen molar-refractivity contribution in [3.8, 4) is 5.75 Å². The maximum Gasteiger partial charge on any atom is 0.216 e. The van der Waals surface area contributed by atoms with E-state index in [0.29, 0.717) is 5.56 Å². The summed E-state index contributed by atoms with van der Waals surface area (Å²) in [6.07, 6.45) is 0. The second-order valence-electron chi connectivity index (χ2n) is 3.98. The van der Waals surface area contributed by atoms with Crippen molar-refractivity contribution in [3.63, 3.8) is 0 Å². The van der Waals surface area contributed by atoms with Gasteiger partial charge in [0.1, 0.15) is 5.75 Å². The van der Waals surface area contributed by atoms with E-state index in [1.165, 1.54) is 11.4 Å². The summed E-state index contributed by atoms with van der Waals surface area (Å²) in [5.74, 6) is 0.119. The minimum atomic E-state index is -3.27. The predicted molar refractivity (Wildman–Crippen MR) is 63.6 cm³/mol. The average Bonchev–Trinajstić information content (AvgIpc) is 2.21. The fraction of sp³-hybridized carbons (Fsp3) is 0.455. The van der Waals surface area contributed by atoms with Gasteiger partial charge < -0.3 is 5.11 Å². The van der Waals surface area contributed by atoms with Crippen molar-refractivity contribution in [2.24, 2.45) is 0 Å². The summed E-state index contributed by atoms with van der Waals surface area (Å²) in [6.45, 7) is 3.46. The Balaban J connectivity index is 2.88. The van der Waals surface area contributed by atoms with E-state index >= 15 is 0 Å². The van der Waals surface area contributed by atoms with Crippen molar-refractivity contribution in [3.05, 3.63) is 29.8 Å². The quantitative estimate of drug-likeness (QED) is 0.873. The molecule has 4 nitrogen and oxygen atoms in total. The van der Waals surface area contributed by atoms with Crippen LogP contribution in [-0.2, 0) is 16.6 Å². The van der Waals surface area contributed by atoms with Crippen molar-refractivity contribution in [1.29, 1.82) is 0 Å². The van der Waals surface area contributed by atoms with Crippen LogP contribution in [0.1, 0.15) is 19.4 Å². The summed E-state index contributed by atoms with van der Waals surface area (Å²) in [4.78, 5) is 0. The third-order valence-corrected chi connectivity index (χ3v) is 4.60. The normalized spacial score (nSPS) is 12.3. The van der Waals surface area contributed by atoms with E-state index in [1.807, 2.05) is 0 Å². The molecule has 0 saturated carbocycles. The number of aromatic hydroxyl groups is 1. The standard InChI is InChI=1S/C11H17NO3S/c1-9(2)16(14,15)12(3)8-10-6-4-5-7-11(10)13/h4-7,9,13H,8H2,1-3H3. The molecule has 5 heteroatoms. The van der Waals surface area contributed by atoms with E-state index in [1.54, 1.807) is 38.1 Å². The van der Waals surface area contributed by atoms with Crippen molar-refractivity contribution >= 4 is 10.0 Å². The first-order chi connectivity index (χ1) is 7.35. The Hall–Kier alpha value is -1.07. The molecule has 0 aromatic heterocycles. The molecular weight excluding hydrogens is 226 g/mol. The first-order valence-electron chi connectivity index (χ1n) is 5.07. The van der Waals surface area contributed by atoms with E-state index in [9.17, 15) is 13.5 Å². The van der Waals surface area contributed by atoms with Crippen LogP contribution in [-0.4, -0.2) is 30.1 Å². The number of hydrogen-bond donors (Lipinski definition) is 1. The maximum atomic E-state index is 11.8. The lowest BCUT2D eigenvalue weighted by molar-refractivity contribution is 0.432. The Morgan fingerprint density at radius 1 is 1.31 bits per heavy atom. The van der Waals surface area contributed by atoms with Crippen molar-refractivity contribution in [2.75, 3.05) is 7.05 Å². The summed E-state index contributed by atoms with van der Waals surface area (Å²) < 4.78 is 24.8. The summed E-state index contributed by atoms with van der Waals surface area (Å²) in [6, 6.07) is 6.73. The molecule has 0 aliphatic heterocycles. The van der Waals surface area contributed by atoms with E-state index in [0.717, 1.165) is 0 Å². The molecule has 1 aromatic carbocycles. The number of sulfonamides is 1. The highest BCUT2D eigenvalue weighted by atomic mass is 32.2. The minimum absolute atomic E-state index is 0.119. The van der Waals surface area contributed by atoms with Crippen LogP contribution in [0.15, 0.2) is 24.3 Å². The van der Waals surface area contributed by atoms with Gasteiger partial charge in [0, 0.05) is 19.2 Å². The predicted octanol–water partition coefficient (Wildman–Crippen LogP) is 1.56. The molecule has 0 saturated heterocycles. The summed E-state index contributed by atoms with van der Waals surface area (Å²) in [5.41, 5.74) is 0.606. The molecule has 0 amide bonds. The van der Waals surface area contributed by atoms with Crippen LogP contribution in [0.5, 0.6) is 5.75 Å². The molecule has 90 valence electrons. The van der Waals surface area contributed by atoms with Crippen molar-refractivity contribution in [1.82, 2.24) is 4.31 Å². The van der Waals surface area contributed by atoms with Crippen LogP contribution in [0, 0.1) is 0 Å². The molecule has 0 aliphatic rings. The van der Waals surface area contributed by atoms with Gasteiger partial charge >= 0.3 is 0 Å². The number of hydrogen-bond acceptors (Lipinski definition) is 3. The molecule has 16 heavy (non-hydrogen) atoms. The first kappa shape index (κ1) is 13.0. The fourth-order valence-corrected chi connectivity index (χ4v) is 2.37. The second-order valence-corrected chi connectivity index (χ2v) is 6.57. The number of para-hydroxylation sites is 1. The Morgan fingerprint density at radius 3 is 2.38 bits per heavy atom. The van der Waals surface area contributed by atoms with Gasteiger partial charge in [-0.05, 0) is 19.9 Å². The Labute approximate surface area is 96.6 Å². The van der Waals surface area contributed by atoms with Crippen LogP contribution in [0.3, 0.4) is 0 Å². The minimum Gasteiger partial charge on any atom is -0.508 e. The molecule has 0 atom stereocenters. The van der Waals surface area contributed by atoms with Crippen LogP contribution in [0.4, 0.5) is 0 Å².